The summed E-state index contributed by atoms with van der Waals surface area (Å²) in [4.78, 5) is 11.6. The molecular weight excluding hydrogens is 246 g/mol. The van der Waals surface area contributed by atoms with Crippen LogP contribution in [0.25, 0.3) is 0 Å². The number of nitrogens with one attached hydrogen (secondary N) is 1. The Morgan fingerprint density at radius 2 is 2.58 bits per heavy atom. The van der Waals surface area contributed by atoms with Gasteiger partial charge < -0.3 is 14.8 Å². The molecule has 0 aromatic carbocycles. The van der Waals surface area contributed by atoms with Crippen LogP contribution in [0.4, 0.5) is 0 Å². The van der Waals surface area contributed by atoms with Crippen LogP contribution in [0.3, 0.4) is 0 Å². The van der Waals surface area contributed by atoms with Crippen LogP contribution in [0.5, 0.6) is 0 Å². The highest BCUT2D eigenvalue weighted by Gasteiger charge is 2.15. The average Bonchev–Trinajstić information content (AvgIpc) is 3.04. The van der Waals surface area contributed by atoms with E-state index in [4.69, 9.17) is 9.47 Å². The summed E-state index contributed by atoms with van der Waals surface area (Å²) in [6.45, 7) is 2.37. The third-order valence-corrected chi connectivity index (χ3v) is 3.19. The molecule has 0 spiro atoms. The van der Waals surface area contributed by atoms with Crippen LogP contribution in [0, 0.1) is 0 Å². The van der Waals surface area contributed by atoms with Crippen LogP contribution in [0.1, 0.15) is 25.0 Å². The molecule has 0 aliphatic carbocycles. The number of aromatic nitrogens is 2. The van der Waals surface area contributed by atoms with Gasteiger partial charge in [0.2, 0.25) is 5.91 Å². The first-order chi connectivity index (χ1) is 9.25. The minimum atomic E-state index is -0.00598. The molecule has 0 saturated carbocycles. The number of nitrogens with zero attached hydrogens (tertiary/aromatic N) is 2. The van der Waals surface area contributed by atoms with Gasteiger partial charge in [0.25, 0.3) is 0 Å². The molecule has 1 amide bonds. The van der Waals surface area contributed by atoms with E-state index in [-0.39, 0.29) is 12.0 Å². The zero-order valence-corrected chi connectivity index (χ0v) is 11.3. The van der Waals surface area contributed by atoms with Gasteiger partial charge in [-0.15, -0.1) is 0 Å². The van der Waals surface area contributed by atoms with Gasteiger partial charge in [0.1, 0.15) is 0 Å². The maximum absolute atomic E-state index is 11.6. The van der Waals surface area contributed by atoms with Gasteiger partial charge in [-0.25, -0.2) is 0 Å². The van der Waals surface area contributed by atoms with Crippen molar-refractivity contribution in [3.05, 3.63) is 18.0 Å². The van der Waals surface area contributed by atoms with E-state index in [1.807, 2.05) is 13.1 Å². The number of carbonyl (C=O) groups excluding carboxylic acids is 1. The van der Waals surface area contributed by atoms with E-state index in [1.54, 1.807) is 10.9 Å². The second-order valence-electron chi connectivity index (χ2n) is 4.68. The monoisotopic (exact) mass is 267 g/mol. The summed E-state index contributed by atoms with van der Waals surface area (Å²) in [5.74, 6) is -0.00598. The predicted octanol–water partition coefficient (Wildman–Crippen LogP) is 0.622. The zero-order chi connectivity index (χ0) is 13.5. The Hall–Kier alpha value is -1.40. The van der Waals surface area contributed by atoms with Crippen molar-refractivity contribution < 1.29 is 14.3 Å². The first-order valence-electron chi connectivity index (χ1n) is 6.68. The van der Waals surface area contributed by atoms with Gasteiger partial charge in [0, 0.05) is 26.3 Å². The van der Waals surface area contributed by atoms with E-state index in [0.717, 1.165) is 25.1 Å². The third kappa shape index (κ3) is 4.65. The van der Waals surface area contributed by atoms with Crippen LogP contribution in [-0.2, 0) is 27.9 Å². The number of amides is 1. The zero-order valence-electron chi connectivity index (χ0n) is 11.3. The lowest BCUT2D eigenvalue weighted by atomic mass is 10.2. The second kappa shape index (κ2) is 7.25. The van der Waals surface area contributed by atoms with E-state index < -0.39 is 0 Å². The number of carbonyl (C=O) groups is 1. The number of hydrogen-bond donors (Lipinski definition) is 1. The quantitative estimate of drug-likeness (QED) is 0.736. The first kappa shape index (κ1) is 14.0. The average molecular weight is 267 g/mol. The van der Waals surface area contributed by atoms with E-state index in [0.29, 0.717) is 26.2 Å². The van der Waals surface area contributed by atoms with E-state index in [9.17, 15) is 4.79 Å². The van der Waals surface area contributed by atoms with E-state index in [2.05, 4.69) is 10.4 Å². The molecule has 6 nitrogen and oxygen atoms in total. The molecule has 1 unspecified atom stereocenters. The molecule has 19 heavy (non-hydrogen) atoms. The highest BCUT2D eigenvalue weighted by atomic mass is 16.5. The second-order valence-corrected chi connectivity index (χ2v) is 4.68. The molecule has 1 aliphatic heterocycles. The van der Waals surface area contributed by atoms with Crippen molar-refractivity contribution in [3.8, 4) is 0 Å². The third-order valence-electron chi connectivity index (χ3n) is 3.19. The van der Waals surface area contributed by atoms with Gasteiger partial charge in [-0.1, -0.05) is 0 Å². The molecule has 2 rings (SSSR count). The molecule has 106 valence electrons. The number of hydrogen-bond acceptors (Lipinski definition) is 4. The van der Waals surface area contributed by atoms with Crippen molar-refractivity contribution in [2.24, 2.45) is 7.05 Å². The normalized spacial score (nSPS) is 18.7. The lowest BCUT2D eigenvalue weighted by Gasteiger charge is -2.10. The topological polar surface area (TPSA) is 65.4 Å². The molecular formula is C13H21N3O3. The summed E-state index contributed by atoms with van der Waals surface area (Å²) in [5, 5.41) is 6.88. The predicted molar refractivity (Wildman–Crippen MR) is 69.5 cm³/mol. The molecule has 1 aliphatic rings. The summed E-state index contributed by atoms with van der Waals surface area (Å²) in [6.07, 6.45) is 4.49. The SMILES string of the molecule is Cn1nccc1CNC(=O)CCOCC1CCCO1. The van der Waals surface area contributed by atoms with Crippen LogP contribution in [0.2, 0.25) is 0 Å². The summed E-state index contributed by atoms with van der Waals surface area (Å²) in [6, 6.07) is 1.88. The van der Waals surface area contributed by atoms with E-state index in [1.165, 1.54) is 0 Å². The lowest BCUT2D eigenvalue weighted by molar-refractivity contribution is -0.122. The van der Waals surface area contributed by atoms with Crippen LogP contribution >= 0.6 is 0 Å². The standard InChI is InChI=1S/C13H21N3O3/c1-16-11(4-6-15-16)9-14-13(17)5-8-18-10-12-3-2-7-19-12/h4,6,12H,2-3,5,7-10H2,1H3,(H,14,17). The number of aryl methyl sites for hydroxylation is 1. The first-order valence-corrected chi connectivity index (χ1v) is 6.68. The van der Waals surface area contributed by atoms with Crippen molar-refractivity contribution in [1.29, 1.82) is 0 Å². The Morgan fingerprint density at radius 1 is 1.68 bits per heavy atom. The number of ether oxygens (including phenoxy) is 2. The van der Waals surface area contributed by atoms with Crippen LogP contribution in [0.15, 0.2) is 12.3 Å². The van der Waals surface area contributed by atoms with Gasteiger partial charge >= 0.3 is 0 Å². The molecule has 1 atom stereocenters. The molecule has 1 aromatic heterocycles. The molecule has 1 aromatic rings. The van der Waals surface area contributed by atoms with Crippen molar-refractivity contribution in [3.63, 3.8) is 0 Å². The molecule has 0 bridgehead atoms. The fraction of sp³-hybridized carbons (Fsp3) is 0.692. The summed E-state index contributed by atoms with van der Waals surface area (Å²) in [7, 11) is 1.85. The lowest BCUT2D eigenvalue weighted by Crippen LogP contribution is -2.25. The fourth-order valence-corrected chi connectivity index (χ4v) is 2.01. The summed E-state index contributed by atoms with van der Waals surface area (Å²) >= 11 is 0. The Kier molecular flexibility index (Phi) is 5.35. The Labute approximate surface area is 113 Å². The highest BCUT2D eigenvalue weighted by molar-refractivity contribution is 5.75. The molecule has 1 N–H and O–H groups in total. The highest BCUT2D eigenvalue weighted by Crippen LogP contribution is 2.11. The van der Waals surface area contributed by atoms with Crippen molar-refractivity contribution in [1.82, 2.24) is 15.1 Å². The summed E-state index contributed by atoms with van der Waals surface area (Å²) < 4.78 is 12.6. The van der Waals surface area contributed by atoms with Crippen molar-refractivity contribution in [2.45, 2.75) is 31.9 Å². The van der Waals surface area contributed by atoms with Gasteiger partial charge in [-0.05, 0) is 18.9 Å². The molecule has 1 fully saturated rings. The molecule has 0 radical (unpaired) electrons. The maximum atomic E-state index is 11.6. The summed E-state index contributed by atoms with van der Waals surface area (Å²) in [5.41, 5.74) is 0.980. The minimum absolute atomic E-state index is 0.00598. The van der Waals surface area contributed by atoms with Crippen molar-refractivity contribution in [2.75, 3.05) is 19.8 Å². The van der Waals surface area contributed by atoms with Gasteiger partial charge in [0.15, 0.2) is 0 Å². The molecule has 1 saturated heterocycles. The van der Waals surface area contributed by atoms with E-state index >= 15 is 0 Å². The Balaban J connectivity index is 1.53. The van der Waals surface area contributed by atoms with Crippen LogP contribution < -0.4 is 5.32 Å². The minimum Gasteiger partial charge on any atom is -0.378 e. The van der Waals surface area contributed by atoms with Gasteiger partial charge in [-0.2, -0.15) is 5.10 Å². The largest absolute Gasteiger partial charge is 0.378 e. The van der Waals surface area contributed by atoms with Gasteiger partial charge in [0.05, 0.1) is 31.6 Å². The Morgan fingerprint density at radius 3 is 3.26 bits per heavy atom. The van der Waals surface area contributed by atoms with Crippen molar-refractivity contribution >= 4 is 5.91 Å². The molecule has 6 heteroatoms. The van der Waals surface area contributed by atoms with Gasteiger partial charge in [-0.3, -0.25) is 9.48 Å². The number of rotatable bonds is 7. The smallest absolute Gasteiger partial charge is 0.222 e. The van der Waals surface area contributed by atoms with Crippen LogP contribution in [-0.4, -0.2) is 41.6 Å². The maximum Gasteiger partial charge on any atom is 0.222 e. The Bertz CT molecular complexity index is 400. The fourth-order valence-electron chi connectivity index (χ4n) is 2.01. The molecule has 2 heterocycles.